The predicted molar refractivity (Wildman–Crippen MR) is 522 cm³/mol. The number of anilines is 4. The number of halogens is 10. The van der Waals surface area contributed by atoms with Crippen LogP contribution in [0.3, 0.4) is 0 Å². The van der Waals surface area contributed by atoms with Gasteiger partial charge in [0, 0.05) is 185 Å². The second-order valence-corrected chi connectivity index (χ2v) is 34.3. The van der Waals surface area contributed by atoms with Crippen molar-refractivity contribution in [2.45, 2.75) is 39.3 Å². The third-order valence-corrected chi connectivity index (χ3v) is 25.0. The number of pyridine rings is 3. The molecule has 4 amide bonds. The van der Waals surface area contributed by atoms with Gasteiger partial charge in [0.05, 0.1) is 18.2 Å². The molecule has 0 radical (unpaired) electrons. The molecule has 4 aliphatic rings. The highest BCUT2D eigenvalue weighted by Gasteiger charge is 2.38. The first-order chi connectivity index (χ1) is 69.8. The van der Waals surface area contributed by atoms with Gasteiger partial charge in [-0.1, -0.05) is 58.4 Å². The van der Waals surface area contributed by atoms with Gasteiger partial charge < -0.3 is 43.9 Å². The van der Waals surface area contributed by atoms with E-state index in [1.165, 1.54) is 128 Å². The van der Waals surface area contributed by atoms with Crippen LogP contribution in [0.2, 0.25) is 0 Å². The maximum absolute atomic E-state index is 13.5. The first-order valence-corrected chi connectivity index (χ1v) is 46.5. The minimum atomic E-state index is -4.54. The van der Waals surface area contributed by atoms with E-state index in [-0.39, 0.29) is 111 Å². The minimum Gasteiger partial charge on any atom is -0.481 e. The molecule has 0 unspecified atom stereocenters. The van der Waals surface area contributed by atoms with E-state index in [4.69, 9.17) is 14.8 Å². The molecule has 0 N–H and O–H groups in total. The Bertz CT molecular complexity index is 7200. The summed E-state index contributed by atoms with van der Waals surface area (Å²) >= 11 is 3.56. The molecule has 4 aliphatic heterocycles. The molecule has 0 bridgehead atoms. The van der Waals surface area contributed by atoms with Crippen molar-refractivity contribution in [3.05, 3.63) is 324 Å². The average molecular weight is 2020 g/mol. The summed E-state index contributed by atoms with van der Waals surface area (Å²) in [6.07, 6.45) is 1.89. The second-order valence-electron chi connectivity index (χ2n) is 33.5. The van der Waals surface area contributed by atoms with E-state index in [9.17, 15) is 64.0 Å². The number of methoxy groups -OCH3 is 1. The molecule has 0 atom stereocenters. The van der Waals surface area contributed by atoms with Gasteiger partial charge in [-0.25, -0.2) is 84.9 Å². The fourth-order valence-electron chi connectivity index (χ4n) is 16.5. The van der Waals surface area contributed by atoms with Gasteiger partial charge in [0.1, 0.15) is 84.6 Å². The molecule has 31 nitrogen and oxygen atoms in total. The standard InChI is InChI=1S/C26H21F5N6O.C26H21F2N7O.C26H24F2N6O2.C25H24BrN7O/c27-19-7-3-17(4-8-19)23-33-24(18-5-9-20(28)10-6-18)37(34-23)16-22(38)35-12-14-36(15-13-35)25-21(26(29,30)31)2-1-11-32-25;27-21-7-3-18(4-8-21)24-31-26(19-5-9-22(28)10-6-19)35(32-24)17-23(36)33-12-14-34(15-13-33)25-20(16-29)2-1-11-30-25;1-36-23-4-2-3-22(29-23)32-13-15-33(16-14-32)24(35)17-34-26(19-7-11-21(28)12-8-19)30-25(31-34)18-5-9-20(27)10-6-18;1-18-16-20(8-9-21(18)26)24-29-23(19-6-3-2-4-7-19)30-33(24)17-22(34)31-12-14-32(15-13-31)25-27-10-5-11-28-25/h1-11H,12-16H2;1-11H,12-15,17H2;2-12H,13-17H2,1H3;2-11,16H,12-15,17H2,1H3. The normalized spacial score (nSPS) is 13.8. The lowest BCUT2D eigenvalue weighted by Crippen LogP contribution is -2.50. The Morgan fingerprint density at radius 3 is 1.04 bits per heavy atom. The van der Waals surface area contributed by atoms with Gasteiger partial charge >= 0.3 is 6.18 Å². The smallest absolute Gasteiger partial charge is 0.419 e. The molecule has 41 heteroatoms. The van der Waals surface area contributed by atoms with Crippen LogP contribution < -0.4 is 24.3 Å². The number of carbonyl (C=O) groups excluding carboxylic acids is 4. The van der Waals surface area contributed by atoms with Crippen LogP contribution in [0.15, 0.2) is 272 Å². The number of aryl methyl sites for hydroxylation is 1. The number of nitriles is 1. The third-order valence-electron chi connectivity index (χ3n) is 24.1. The molecule has 8 aromatic carbocycles. The Labute approximate surface area is 827 Å². The van der Waals surface area contributed by atoms with Crippen molar-refractivity contribution >= 4 is 63.0 Å². The second kappa shape index (κ2) is 45.1. The van der Waals surface area contributed by atoms with Gasteiger partial charge in [0.15, 0.2) is 46.6 Å². The number of nitrogens with zero attached hydrogens (tertiary/aromatic N) is 26. The number of aromatic nitrogens is 17. The van der Waals surface area contributed by atoms with Crippen LogP contribution in [-0.2, 0) is 51.5 Å². The zero-order valence-corrected chi connectivity index (χ0v) is 79.1. The van der Waals surface area contributed by atoms with E-state index in [0.29, 0.717) is 176 Å². The minimum absolute atomic E-state index is 0.0215. The van der Waals surface area contributed by atoms with Crippen molar-refractivity contribution in [1.29, 1.82) is 5.26 Å². The number of rotatable bonds is 21. The van der Waals surface area contributed by atoms with Gasteiger partial charge in [-0.2, -0.15) is 23.4 Å². The molecule has 144 heavy (non-hydrogen) atoms. The molecular formula is C103H90BrF9N26O5. The highest BCUT2D eigenvalue weighted by Crippen LogP contribution is 2.37. The average Bonchev–Trinajstić information content (AvgIpc) is 1.73. The first kappa shape index (κ1) is 98.7. The van der Waals surface area contributed by atoms with Gasteiger partial charge in [-0.05, 0) is 207 Å². The summed E-state index contributed by atoms with van der Waals surface area (Å²) in [7, 11) is 1.58. The van der Waals surface area contributed by atoms with Crippen LogP contribution >= 0.6 is 15.9 Å². The topological polar surface area (TPSA) is 315 Å². The van der Waals surface area contributed by atoms with Crippen LogP contribution in [-0.4, -0.2) is 239 Å². The van der Waals surface area contributed by atoms with Crippen LogP contribution in [0, 0.1) is 53.2 Å². The summed E-state index contributed by atoms with van der Waals surface area (Å²) in [5.41, 5.74) is 6.12. The zero-order chi connectivity index (χ0) is 100. The van der Waals surface area contributed by atoms with Crippen molar-refractivity contribution in [3.63, 3.8) is 0 Å². The molecule has 0 aliphatic carbocycles. The van der Waals surface area contributed by atoms with Gasteiger partial charge in [0.25, 0.3) is 0 Å². The largest absolute Gasteiger partial charge is 0.481 e. The van der Waals surface area contributed by atoms with E-state index in [2.05, 4.69) is 93.0 Å². The van der Waals surface area contributed by atoms with Crippen LogP contribution in [0.1, 0.15) is 16.7 Å². The SMILES string of the molecule is COc1cccc(N2CCN(C(=O)Cn3nc(-c4ccc(F)cc4)nc3-c3ccc(F)cc3)CC2)n1.Cc1cc(-c2nc(-c3ccccc3)nn2CC(=O)N2CCN(c3ncccn3)CC2)ccc1Br.N#Cc1cccnc1N1CCN(C(=O)Cn2nc(-c3ccc(F)cc3)nc2-c2ccc(F)cc2)CC1.O=C(Cn1nc(-c2ccc(F)cc2)nc1-c1ccc(F)cc1)N1CCN(c2ncccc2C(F)(F)F)CC1. The van der Waals surface area contributed by atoms with E-state index in [0.717, 1.165) is 33.0 Å². The fourth-order valence-corrected chi connectivity index (χ4v) is 16.7. The van der Waals surface area contributed by atoms with Crippen LogP contribution in [0.4, 0.5) is 62.9 Å². The quantitative estimate of drug-likeness (QED) is 0.0603. The number of hydrogen-bond acceptors (Lipinski definition) is 23. The van der Waals surface area contributed by atoms with Crippen molar-refractivity contribution < 1.29 is 63.4 Å². The lowest BCUT2D eigenvalue weighted by atomic mass is 10.1. The summed E-state index contributed by atoms with van der Waals surface area (Å²) < 4.78 is 133. The Balaban J connectivity index is 0.000000132. The number of benzene rings is 8. The number of amides is 4. The van der Waals surface area contributed by atoms with Crippen molar-refractivity contribution in [1.82, 2.24) is 104 Å². The summed E-state index contributed by atoms with van der Waals surface area (Å²) in [6, 6.07) is 65.4. The zero-order valence-electron chi connectivity index (χ0n) is 77.5. The maximum Gasteiger partial charge on any atom is 0.419 e. The summed E-state index contributed by atoms with van der Waals surface area (Å²) in [5, 5.41) is 27.6. The molecule has 12 heterocycles. The van der Waals surface area contributed by atoms with E-state index < -0.39 is 23.4 Å². The molecule has 20 rings (SSSR count). The number of alkyl halides is 3. The van der Waals surface area contributed by atoms with Gasteiger partial charge in [-0.3, -0.25) is 19.2 Å². The molecule has 8 aromatic heterocycles. The first-order valence-electron chi connectivity index (χ1n) is 45.7. The van der Waals surface area contributed by atoms with Crippen LogP contribution in [0.5, 0.6) is 5.88 Å². The number of piperazine rings is 4. The van der Waals surface area contributed by atoms with E-state index >= 15 is 0 Å². The Morgan fingerprint density at radius 2 is 0.674 bits per heavy atom. The van der Waals surface area contributed by atoms with Crippen molar-refractivity contribution in [2.24, 2.45) is 0 Å². The van der Waals surface area contributed by atoms with Gasteiger partial charge in [0.2, 0.25) is 35.5 Å². The van der Waals surface area contributed by atoms with E-state index in [1.807, 2.05) is 71.3 Å². The van der Waals surface area contributed by atoms with Crippen molar-refractivity contribution in [2.75, 3.05) is 131 Å². The molecule has 16 aromatic rings. The molecule has 732 valence electrons. The number of ether oxygens (including phenoxy) is 1. The molecule has 0 saturated carbocycles. The maximum atomic E-state index is 13.5. The van der Waals surface area contributed by atoms with Gasteiger partial charge in [-0.15, -0.1) is 20.4 Å². The molecule has 0 spiro atoms. The number of carbonyl (C=O) groups is 4. The van der Waals surface area contributed by atoms with Crippen LogP contribution in [0.25, 0.3) is 91.1 Å². The Morgan fingerprint density at radius 1 is 0.347 bits per heavy atom. The lowest BCUT2D eigenvalue weighted by Gasteiger charge is -2.36. The number of hydrogen-bond donors (Lipinski definition) is 0. The summed E-state index contributed by atoms with van der Waals surface area (Å²) in [6.45, 7) is 9.58. The highest BCUT2D eigenvalue weighted by atomic mass is 79.9. The summed E-state index contributed by atoms with van der Waals surface area (Å²) in [5.74, 6) is 3.02. The predicted octanol–water partition coefficient (Wildman–Crippen LogP) is 15.6. The molecule has 4 saturated heterocycles. The Kier molecular flexibility index (Phi) is 30.9. The summed E-state index contributed by atoms with van der Waals surface area (Å²) in [4.78, 5) is 107. The molecular weight excluding hydrogens is 1930 g/mol. The molecule has 4 fully saturated rings. The monoisotopic (exact) mass is 2020 g/mol. The van der Waals surface area contributed by atoms with Crippen molar-refractivity contribution in [3.8, 4) is 103 Å². The van der Waals surface area contributed by atoms with E-state index in [1.54, 1.807) is 118 Å². The lowest BCUT2D eigenvalue weighted by molar-refractivity contribution is -0.138. The highest BCUT2D eigenvalue weighted by molar-refractivity contribution is 9.10. The third kappa shape index (κ3) is 24.2. The fraction of sp³-hybridized carbons (Fsp3) is 0.223. The Hall–Kier alpha value is -16.9.